The van der Waals surface area contributed by atoms with Crippen LogP contribution in [0.5, 0.6) is 0 Å². The number of ketones is 2. The van der Waals surface area contributed by atoms with Gasteiger partial charge in [-0.15, -0.1) is 6.58 Å². The van der Waals surface area contributed by atoms with E-state index in [1.54, 1.807) is 21.7 Å². The molecule has 0 unspecified atom stereocenters. The molecule has 7 rings (SSSR count). The van der Waals surface area contributed by atoms with Crippen molar-refractivity contribution in [3.63, 3.8) is 0 Å². The summed E-state index contributed by atoms with van der Waals surface area (Å²) in [5.41, 5.74) is -1.72. The van der Waals surface area contributed by atoms with Crippen LogP contribution in [0.2, 0.25) is 0 Å². The number of aryl methyl sites for hydroxylation is 1. The standard InChI is InChI=1S/C47H72N6O7S/c1-11-32-26-45(32,41(58)50-61(59,60)51-22-15-16-23-51)28-37(55)35-27-47(44(9,10)46(47)20-17-21-46)29-52(35)40(57)33(42(3,4)5)25-36(54)38(31-18-13-12-14-19-31)48-39(56)34-24-30(2)49-53(34)43(6,7)8/h11,24,31-33,35,38H,1,12-23,25-29H2,2-10H3,(H,48,56)(H,50,58)/t32-,33-,35+,38+,45-,47-/m1/s1. The molecule has 2 saturated heterocycles. The zero-order valence-electron chi connectivity index (χ0n) is 38.3. The van der Waals surface area contributed by atoms with Crippen LogP contribution in [0.3, 0.4) is 0 Å². The molecule has 14 heteroatoms. The van der Waals surface area contributed by atoms with Gasteiger partial charge in [-0.25, -0.2) is 4.72 Å². The maximum Gasteiger partial charge on any atom is 0.303 e. The van der Waals surface area contributed by atoms with Crippen LogP contribution in [0.25, 0.3) is 0 Å². The summed E-state index contributed by atoms with van der Waals surface area (Å²) in [4.78, 5) is 75.0. The van der Waals surface area contributed by atoms with Gasteiger partial charge in [-0.3, -0.25) is 28.7 Å². The first-order chi connectivity index (χ1) is 28.4. The lowest BCUT2D eigenvalue weighted by Crippen LogP contribution is -2.51. The minimum atomic E-state index is -4.07. The molecule has 4 saturated carbocycles. The molecule has 6 aliphatic rings. The summed E-state index contributed by atoms with van der Waals surface area (Å²) in [7, 11) is -4.07. The van der Waals surface area contributed by atoms with Crippen LogP contribution in [-0.2, 0) is 34.9 Å². The highest BCUT2D eigenvalue weighted by molar-refractivity contribution is 7.87. The Morgan fingerprint density at radius 3 is 2.10 bits per heavy atom. The Morgan fingerprint density at radius 1 is 0.934 bits per heavy atom. The second-order valence-electron chi connectivity index (χ2n) is 22.4. The number of nitrogens with zero attached hydrogens (tertiary/aromatic N) is 4. The first-order valence-electron chi connectivity index (χ1n) is 23.0. The molecule has 6 fully saturated rings. The number of allylic oxidation sites excluding steroid dienone is 1. The fraction of sp³-hybridized carbons (Fsp3) is 0.787. The molecule has 4 aliphatic carbocycles. The van der Waals surface area contributed by atoms with Crippen molar-refractivity contribution in [1.29, 1.82) is 0 Å². The van der Waals surface area contributed by atoms with Gasteiger partial charge in [0.2, 0.25) is 11.8 Å². The second-order valence-corrected chi connectivity index (χ2v) is 24.1. The van der Waals surface area contributed by atoms with E-state index in [1.807, 2.05) is 48.5 Å². The largest absolute Gasteiger partial charge is 0.341 e. The smallest absolute Gasteiger partial charge is 0.303 e. The van der Waals surface area contributed by atoms with Crippen molar-refractivity contribution < 1.29 is 32.4 Å². The van der Waals surface area contributed by atoms with Gasteiger partial charge in [0.25, 0.3) is 5.91 Å². The number of rotatable bonds is 14. The Labute approximate surface area is 364 Å². The molecule has 1 aromatic rings. The van der Waals surface area contributed by atoms with E-state index in [2.05, 4.69) is 35.6 Å². The predicted molar refractivity (Wildman–Crippen MR) is 233 cm³/mol. The average Bonchev–Trinajstić information content (AvgIpc) is 3.56. The van der Waals surface area contributed by atoms with Crippen molar-refractivity contribution in [1.82, 2.24) is 29.0 Å². The predicted octanol–water partition coefficient (Wildman–Crippen LogP) is 6.65. The summed E-state index contributed by atoms with van der Waals surface area (Å²) in [6, 6.07) is 0.128. The first kappa shape index (κ1) is 45.6. The Hall–Kier alpha value is -3.39. The van der Waals surface area contributed by atoms with Crippen LogP contribution in [0.1, 0.15) is 161 Å². The Bertz CT molecular complexity index is 2060. The van der Waals surface area contributed by atoms with Crippen LogP contribution in [0.15, 0.2) is 18.7 Å². The van der Waals surface area contributed by atoms with Gasteiger partial charge in [-0.2, -0.15) is 17.8 Å². The molecule has 2 N–H and O–H groups in total. The summed E-state index contributed by atoms with van der Waals surface area (Å²) in [6.07, 6.45) is 11.3. The van der Waals surface area contributed by atoms with Crippen molar-refractivity contribution in [2.24, 2.45) is 44.8 Å². The third-order valence-corrected chi connectivity index (χ3v) is 18.1. The second kappa shape index (κ2) is 15.7. The lowest BCUT2D eigenvalue weighted by molar-refractivity contribution is -0.146. The minimum Gasteiger partial charge on any atom is -0.341 e. The van der Waals surface area contributed by atoms with Crippen LogP contribution in [-0.4, -0.2) is 88.4 Å². The van der Waals surface area contributed by atoms with Crippen LogP contribution < -0.4 is 10.0 Å². The van der Waals surface area contributed by atoms with Crippen molar-refractivity contribution in [3.05, 3.63) is 30.1 Å². The van der Waals surface area contributed by atoms with E-state index in [1.165, 1.54) is 4.31 Å². The van der Waals surface area contributed by atoms with Gasteiger partial charge >= 0.3 is 10.2 Å². The monoisotopic (exact) mass is 865 g/mol. The molecule has 3 amide bonds. The molecule has 3 heterocycles. The van der Waals surface area contributed by atoms with Gasteiger partial charge in [0.05, 0.1) is 28.7 Å². The van der Waals surface area contributed by atoms with Gasteiger partial charge in [0.1, 0.15) is 5.69 Å². The quantitative estimate of drug-likeness (QED) is 0.196. The summed E-state index contributed by atoms with van der Waals surface area (Å²) in [5.74, 6) is -3.00. The Balaban J connectivity index is 1.17. The molecule has 0 bridgehead atoms. The van der Waals surface area contributed by atoms with Gasteiger partial charge in [0.15, 0.2) is 11.6 Å². The zero-order chi connectivity index (χ0) is 44.7. The number of aromatic nitrogens is 2. The highest BCUT2D eigenvalue weighted by atomic mass is 32.2. The number of Topliss-reactive ketones (excluding diaryl/α,β-unsaturated/α-hetero) is 2. The van der Waals surface area contributed by atoms with Crippen LogP contribution in [0, 0.1) is 51.8 Å². The molecule has 0 aromatic carbocycles. The van der Waals surface area contributed by atoms with Gasteiger partial charge in [-0.1, -0.05) is 66.4 Å². The van der Waals surface area contributed by atoms with E-state index < -0.39 is 50.5 Å². The number of likely N-dealkylation sites (tertiary alicyclic amines) is 1. The fourth-order valence-corrected chi connectivity index (χ4v) is 13.9. The molecule has 61 heavy (non-hydrogen) atoms. The van der Waals surface area contributed by atoms with E-state index in [4.69, 9.17) is 0 Å². The molecule has 338 valence electrons. The van der Waals surface area contributed by atoms with Gasteiger partial charge in [0, 0.05) is 43.8 Å². The number of amides is 3. The molecule has 13 nitrogen and oxygen atoms in total. The number of carbonyl (C=O) groups excluding carboxylic acids is 5. The number of hydrogen-bond donors (Lipinski definition) is 2. The topological polar surface area (TPSA) is 168 Å². The summed E-state index contributed by atoms with van der Waals surface area (Å²) in [6.45, 7) is 23.1. The molecular weight excluding hydrogens is 793 g/mol. The van der Waals surface area contributed by atoms with Gasteiger partial charge < -0.3 is 10.2 Å². The number of nitrogens with one attached hydrogen (secondary N) is 2. The van der Waals surface area contributed by atoms with E-state index >= 15 is 4.79 Å². The minimum absolute atomic E-state index is 0.0109. The lowest BCUT2D eigenvalue weighted by atomic mass is 9.73. The Morgan fingerprint density at radius 2 is 1.57 bits per heavy atom. The first-order valence-corrected chi connectivity index (χ1v) is 24.5. The fourth-order valence-electron chi connectivity index (χ4n) is 12.6. The zero-order valence-corrected chi connectivity index (χ0v) is 39.1. The highest BCUT2D eigenvalue weighted by Gasteiger charge is 2.85. The molecule has 2 spiro atoms. The number of carbonyl (C=O) groups is 5. The van der Waals surface area contributed by atoms with E-state index in [0.29, 0.717) is 43.9 Å². The van der Waals surface area contributed by atoms with Crippen molar-refractivity contribution in [2.45, 2.75) is 170 Å². The van der Waals surface area contributed by atoms with Crippen molar-refractivity contribution >= 4 is 39.5 Å². The lowest BCUT2D eigenvalue weighted by Gasteiger charge is -2.37. The van der Waals surface area contributed by atoms with Gasteiger partial charge in [-0.05, 0) is 113 Å². The number of fused-ring (bicyclic) bond motifs is 1. The molecule has 1 aromatic heterocycles. The van der Waals surface area contributed by atoms with Crippen LogP contribution >= 0.6 is 0 Å². The third kappa shape index (κ3) is 7.75. The average molecular weight is 865 g/mol. The van der Waals surface area contributed by atoms with Crippen molar-refractivity contribution in [2.75, 3.05) is 19.6 Å². The molecular formula is C47H72N6O7S. The third-order valence-electron chi connectivity index (χ3n) is 16.7. The molecule has 0 radical (unpaired) electrons. The maximum atomic E-state index is 15.4. The van der Waals surface area contributed by atoms with Crippen molar-refractivity contribution in [3.8, 4) is 0 Å². The highest BCUT2D eigenvalue weighted by Crippen LogP contribution is 2.88. The van der Waals surface area contributed by atoms with E-state index in [-0.39, 0.29) is 64.3 Å². The van der Waals surface area contributed by atoms with E-state index in [9.17, 15) is 27.6 Å². The summed E-state index contributed by atoms with van der Waals surface area (Å²) >= 11 is 0. The Kier molecular flexibility index (Phi) is 11.7. The van der Waals surface area contributed by atoms with E-state index in [0.717, 1.165) is 64.2 Å². The normalized spacial score (nSPS) is 29.5. The molecule has 2 aliphatic heterocycles. The SMILES string of the molecule is C=C[C@@H]1C[C@]1(CC(=O)[C@@H]1C[C@@]2(CN1C(=O)[C@@H](CC(=O)[C@@H](NC(=O)c1cc(C)nn1C(C)(C)C)C1CCCCC1)C(C)(C)C)C(C)(C)C21CCC1)C(=O)NS(=O)(=O)N1CCCC1. The maximum absolute atomic E-state index is 15.4. The summed E-state index contributed by atoms with van der Waals surface area (Å²) < 4.78 is 31.8. The molecule has 6 atom stereocenters. The summed E-state index contributed by atoms with van der Waals surface area (Å²) in [5, 5.41) is 7.75. The number of hydrogen-bond acceptors (Lipinski definition) is 8. The van der Waals surface area contributed by atoms with Crippen LogP contribution in [0.4, 0.5) is 0 Å².